The monoisotopic (exact) mass is 284 g/mol. The summed E-state index contributed by atoms with van der Waals surface area (Å²) in [4.78, 5) is 4.81. The highest BCUT2D eigenvalue weighted by atomic mass is 15.3. The molecule has 1 heterocycles. The van der Waals surface area contributed by atoms with Crippen molar-refractivity contribution in [2.45, 2.75) is 44.4 Å². The van der Waals surface area contributed by atoms with E-state index >= 15 is 0 Å². The average Bonchev–Trinajstić information content (AvgIpc) is 2.91. The van der Waals surface area contributed by atoms with Crippen molar-refractivity contribution in [2.24, 2.45) is 12.8 Å². The van der Waals surface area contributed by atoms with Crippen LogP contribution in [0.2, 0.25) is 0 Å². The smallest absolute Gasteiger partial charge is 0.158 e. The number of nitrogens with zero attached hydrogens (tertiary/aromatic N) is 3. The van der Waals surface area contributed by atoms with Crippen LogP contribution in [0.3, 0.4) is 0 Å². The molecule has 0 radical (unpaired) electrons. The van der Waals surface area contributed by atoms with E-state index in [-0.39, 0.29) is 0 Å². The van der Waals surface area contributed by atoms with Crippen molar-refractivity contribution in [3.05, 3.63) is 35.7 Å². The van der Waals surface area contributed by atoms with Gasteiger partial charge in [0.1, 0.15) is 0 Å². The molecular weight excluding hydrogens is 260 g/mol. The van der Waals surface area contributed by atoms with Gasteiger partial charge in [0.15, 0.2) is 11.6 Å². The first-order valence-corrected chi connectivity index (χ1v) is 7.98. The molecule has 0 unspecified atom stereocenters. The topological polar surface area (TPSA) is 56.7 Å². The molecule has 1 aliphatic rings. The fourth-order valence-electron chi connectivity index (χ4n) is 3.18. The van der Waals surface area contributed by atoms with Gasteiger partial charge in [0.2, 0.25) is 0 Å². The van der Waals surface area contributed by atoms with Gasteiger partial charge in [0.05, 0.1) is 0 Å². The molecule has 0 atom stereocenters. The lowest BCUT2D eigenvalue weighted by atomic mass is 9.89. The average molecular weight is 284 g/mol. The van der Waals surface area contributed by atoms with Crippen LogP contribution in [0.5, 0.6) is 0 Å². The molecule has 0 amide bonds. The highest BCUT2D eigenvalue weighted by Crippen LogP contribution is 2.31. The van der Waals surface area contributed by atoms with E-state index in [2.05, 4.69) is 29.4 Å². The fourth-order valence-corrected chi connectivity index (χ4v) is 3.18. The Balaban J connectivity index is 1.83. The van der Waals surface area contributed by atoms with E-state index in [4.69, 9.17) is 10.7 Å². The quantitative estimate of drug-likeness (QED) is 0.939. The van der Waals surface area contributed by atoms with Crippen LogP contribution in [0.4, 0.5) is 0 Å². The molecule has 1 aromatic carbocycles. The third kappa shape index (κ3) is 3.16. The summed E-state index contributed by atoms with van der Waals surface area (Å²) >= 11 is 0. The number of hydrogen-bond donors (Lipinski definition) is 1. The first kappa shape index (κ1) is 14.3. The van der Waals surface area contributed by atoms with Crippen LogP contribution in [0.25, 0.3) is 11.4 Å². The van der Waals surface area contributed by atoms with Gasteiger partial charge < -0.3 is 5.73 Å². The Kier molecular flexibility index (Phi) is 4.34. The van der Waals surface area contributed by atoms with Gasteiger partial charge in [-0.1, -0.05) is 43.5 Å². The van der Waals surface area contributed by atoms with Crippen LogP contribution in [0.1, 0.15) is 49.4 Å². The van der Waals surface area contributed by atoms with Crippen molar-refractivity contribution in [1.29, 1.82) is 0 Å². The van der Waals surface area contributed by atoms with Crippen molar-refractivity contribution in [1.82, 2.24) is 14.8 Å². The van der Waals surface area contributed by atoms with Gasteiger partial charge in [-0.15, -0.1) is 0 Å². The van der Waals surface area contributed by atoms with E-state index in [9.17, 15) is 0 Å². The Bertz CT molecular complexity index is 579. The Morgan fingerprint density at radius 1 is 1.14 bits per heavy atom. The summed E-state index contributed by atoms with van der Waals surface area (Å²) < 4.78 is 1.92. The Hall–Kier alpha value is -1.68. The summed E-state index contributed by atoms with van der Waals surface area (Å²) in [6, 6.07) is 8.52. The second-order valence-corrected chi connectivity index (χ2v) is 5.99. The van der Waals surface area contributed by atoms with Crippen LogP contribution in [0.15, 0.2) is 24.3 Å². The zero-order chi connectivity index (χ0) is 14.7. The third-order valence-corrected chi connectivity index (χ3v) is 4.39. The van der Waals surface area contributed by atoms with E-state index in [1.165, 1.54) is 37.7 Å². The molecule has 0 bridgehead atoms. The predicted octanol–water partition coefficient (Wildman–Crippen LogP) is 3.03. The molecule has 0 spiro atoms. The van der Waals surface area contributed by atoms with E-state index in [1.807, 2.05) is 11.7 Å². The van der Waals surface area contributed by atoms with E-state index < -0.39 is 0 Å². The molecular formula is C17H24N4. The molecule has 0 saturated heterocycles. The zero-order valence-electron chi connectivity index (χ0n) is 12.8. The number of benzene rings is 1. The van der Waals surface area contributed by atoms with Gasteiger partial charge in [-0.05, 0) is 31.4 Å². The molecule has 1 saturated carbocycles. The minimum Gasteiger partial charge on any atom is -0.330 e. The summed E-state index contributed by atoms with van der Waals surface area (Å²) in [7, 11) is 1.99. The summed E-state index contributed by atoms with van der Waals surface area (Å²) in [5.74, 6) is 2.54. The minimum atomic E-state index is 0.551. The molecule has 21 heavy (non-hydrogen) atoms. The van der Waals surface area contributed by atoms with Gasteiger partial charge in [-0.2, -0.15) is 5.10 Å². The standard InChI is InChI=1S/C17H24N4/c1-21-17(15-9-7-13(8-10-15)11-12-18)19-16(20-21)14-5-3-2-4-6-14/h7-10,14H,2-6,11-12,18H2,1H3. The number of hydrogen-bond acceptors (Lipinski definition) is 3. The fraction of sp³-hybridized carbons (Fsp3) is 0.529. The summed E-state index contributed by atoms with van der Waals surface area (Å²) in [6.45, 7) is 0.690. The largest absolute Gasteiger partial charge is 0.330 e. The first-order valence-electron chi connectivity index (χ1n) is 7.98. The van der Waals surface area contributed by atoms with Gasteiger partial charge >= 0.3 is 0 Å². The second-order valence-electron chi connectivity index (χ2n) is 5.99. The van der Waals surface area contributed by atoms with E-state index in [0.717, 1.165) is 23.6 Å². The van der Waals surface area contributed by atoms with Crippen molar-refractivity contribution in [3.63, 3.8) is 0 Å². The summed E-state index contributed by atoms with van der Waals surface area (Å²) in [6.07, 6.45) is 7.38. The lowest BCUT2D eigenvalue weighted by Gasteiger charge is -2.18. The number of rotatable bonds is 4. The van der Waals surface area contributed by atoms with E-state index in [0.29, 0.717) is 12.5 Å². The number of aromatic nitrogens is 3. The highest BCUT2D eigenvalue weighted by Gasteiger charge is 2.21. The Morgan fingerprint density at radius 2 is 1.86 bits per heavy atom. The van der Waals surface area contributed by atoms with Crippen LogP contribution in [-0.2, 0) is 13.5 Å². The van der Waals surface area contributed by atoms with Crippen LogP contribution in [0, 0.1) is 0 Å². The maximum atomic E-state index is 5.59. The zero-order valence-corrected chi connectivity index (χ0v) is 12.8. The van der Waals surface area contributed by atoms with E-state index in [1.54, 1.807) is 0 Å². The molecule has 2 aromatic rings. The minimum absolute atomic E-state index is 0.551. The summed E-state index contributed by atoms with van der Waals surface area (Å²) in [5.41, 5.74) is 8.00. The van der Waals surface area contributed by atoms with Crippen molar-refractivity contribution in [2.75, 3.05) is 6.54 Å². The maximum absolute atomic E-state index is 5.59. The van der Waals surface area contributed by atoms with Gasteiger partial charge in [-0.3, -0.25) is 0 Å². The van der Waals surface area contributed by atoms with Crippen LogP contribution >= 0.6 is 0 Å². The van der Waals surface area contributed by atoms with Gasteiger partial charge in [0, 0.05) is 18.5 Å². The second kappa shape index (κ2) is 6.39. The molecule has 3 rings (SSSR count). The molecule has 0 aliphatic heterocycles. The molecule has 1 aliphatic carbocycles. The Labute approximate surface area is 126 Å². The first-order chi connectivity index (χ1) is 10.3. The third-order valence-electron chi connectivity index (χ3n) is 4.39. The molecule has 4 nitrogen and oxygen atoms in total. The number of aryl methyl sites for hydroxylation is 1. The van der Waals surface area contributed by atoms with Crippen molar-refractivity contribution in [3.8, 4) is 11.4 Å². The SMILES string of the molecule is Cn1nc(C2CCCCC2)nc1-c1ccc(CCN)cc1. The van der Waals surface area contributed by atoms with Crippen molar-refractivity contribution >= 4 is 0 Å². The molecule has 2 N–H and O–H groups in total. The normalized spacial score (nSPS) is 16.3. The summed E-state index contributed by atoms with van der Waals surface area (Å²) in [5, 5.41) is 4.66. The molecule has 112 valence electrons. The number of nitrogens with two attached hydrogens (primary N) is 1. The lowest BCUT2D eigenvalue weighted by Crippen LogP contribution is -2.06. The lowest BCUT2D eigenvalue weighted by molar-refractivity contribution is 0.427. The highest BCUT2D eigenvalue weighted by molar-refractivity contribution is 5.55. The van der Waals surface area contributed by atoms with Crippen LogP contribution < -0.4 is 5.73 Å². The maximum Gasteiger partial charge on any atom is 0.158 e. The van der Waals surface area contributed by atoms with Crippen molar-refractivity contribution < 1.29 is 0 Å². The van der Waals surface area contributed by atoms with Gasteiger partial charge in [0.25, 0.3) is 0 Å². The molecule has 1 fully saturated rings. The Morgan fingerprint density at radius 3 is 2.52 bits per heavy atom. The molecule has 4 heteroatoms. The van der Waals surface area contributed by atoms with Gasteiger partial charge in [-0.25, -0.2) is 9.67 Å². The van der Waals surface area contributed by atoms with Crippen LogP contribution in [-0.4, -0.2) is 21.3 Å². The molecule has 1 aromatic heterocycles. The predicted molar refractivity (Wildman–Crippen MR) is 85.0 cm³/mol.